The van der Waals surface area contributed by atoms with Gasteiger partial charge in [0, 0.05) is 51.2 Å². The maximum atomic E-state index is 13.4. The van der Waals surface area contributed by atoms with Crippen molar-refractivity contribution in [1.29, 1.82) is 0 Å². The highest BCUT2D eigenvalue weighted by Crippen LogP contribution is 2.24. The minimum atomic E-state index is -0.264. The first-order valence-corrected chi connectivity index (χ1v) is 10.8. The highest BCUT2D eigenvalue weighted by atomic mass is 16.2. The Kier molecular flexibility index (Phi) is 5.26. The van der Waals surface area contributed by atoms with Crippen LogP contribution in [0.15, 0.2) is 77.9 Å². The van der Waals surface area contributed by atoms with E-state index in [4.69, 9.17) is 0 Å². The average Bonchev–Trinajstić information content (AvgIpc) is 3.20. The summed E-state index contributed by atoms with van der Waals surface area (Å²) in [5.41, 5.74) is 2.18. The van der Waals surface area contributed by atoms with Crippen LogP contribution in [-0.2, 0) is 7.05 Å². The van der Waals surface area contributed by atoms with Gasteiger partial charge in [-0.25, -0.2) is 0 Å². The van der Waals surface area contributed by atoms with Gasteiger partial charge in [0.15, 0.2) is 0 Å². The summed E-state index contributed by atoms with van der Waals surface area (Å²) >= 11 is 0. The van der Waals surface area contributed by atoms with Crippen molar-refractivity contribution in [3.8, 4) is 16.9 Å². The molecular weight excluding hydrogens is 418 g/mol. The third-order valence-corrected chi connectivity index (χ3v) is 5.90. The smallest absolute Gasteiger partial charge is 0.282 e. The maximum absolute atomic E-state index is 13.4. The Balaban J connectivity index is 1.40. The van der Waals surface area contributed by atoms with Crippen LogP contribution in [0.25, 0.3) is 16.9 Å². The van der Waals surface area contributed by atoms with Gasteiger partial charge in [0.25, 0.3) is 17.4 Å². The SMILES string of the molecule is Cn1cc(C(=O)N2CCN(C(=O)c3ccccc3)CC2)c2nn(-c3ccccc3)c(=O)c-2c1. The lowest BCUT2D eigenvalue weighted by atomic mass is 10.1. The van der Waals surface area contributed by atoms with Crippen LogP contribution in [0.5, 0.6) is 0 Å². The summed E-state index contributed by atoms with van der Waals surface area (Å²) < 4.78 is 3.04. The molecule has 3 aliphatic heterocycles. The van der Waals surface area contributed by atoms with Crippen LogP contribution in [0.4, 0.5) is 0 Å². The van der Waals surface area contributed by atoms with Gasteiger partial charge in [0.1, 0.15) is 5.69 Å². The lowest BCUT2D eigenvalue weighted by Gasteiger charge is -2.35. The Bertz CT molecular complexity index is 1340. The highest BCUT2D eigenvalue weighted by molar-refractivity contribution is 6.00. The molecular formula is C25H23N5O3. The van der Waals surface area contributed by atoms with E-state index in [0.717, 1.165) is 0 Å². The second-order valence-electron chi connectivity index (χ2n) is 8.10. The van der Waals surface area contributed by atoms with Crippen molar-refractivity contribution in [2.45, 2.75) is 0 Å². The van der Waals surface area contributed by atoms with E-state index in [1.54, 1.807) is 58.1 Å². The molecule has 3 aliphatic rings. The third kappa shape index (κ3) is 3.80. The molecule has 0 saturated carbocycles. The summed E-state index contributed by atoms with van der Waals surface area (Å²) in [6.07, 6.45) is 3.39. The van der Waals surface area contributed by atoms with Crippen molar-refractivity contribution in [2.75, 3.05) is 26.2 Å². The molecule has 2 aromatic carbocycles. The molecule has 0 aliphatic carbocycles. The minimum Gasteiger partial charge on any atom is -0.356 e. The van der Waals surface area contributed by atoms with Gasteiger partial charge in [-0.15, -0.1) is 0 Å². The molecule has 1 fully saturated rings. The first-order valence-electron chi connectivity index (χ1n) is 10.8. The van der Waals surface area contributed by atoms with Crippen LogP contribution < -0.4 is 5.56 Å². The largest absolute Gasteiger partial charge is 0.356 e. The molecule has 166 valence electrons. The number of pyridine rings is 1. The van der Waals surface area contributed by atoms with Gasteiger partial charge in [-0.1, -0.05) is 36.4 Å². The molecule has 0 bridgehead atoms. The fourth-order valence-electron chi connectivity index (χ4n) is 4.18. The Labute approximate surface area is 190 Å². The molecule has 0 spiro atoms. The predicted molar refractivity (Wildman–Crippen MR) is 124 cm³/mol. The lowest BCUT2D eigenvalue weighted by Crippen LogP contribution is -2.50. The van der Waals surface area contributed by atoms with Crippen molar-refractivity contribution in [3.63, 3.8) is 0 Å². The van der Waals surface area contributed by atoms with Crippen LogP contribution in [0.2, 0.25) is 0 Å². The number of aromatic nitrogens is 3. The van der Waals surface area contributed by atoms with E-state index >= 15 is 0 Å². The number of aryl methyl sites for hydroxylation is 1. The monoisotopic (exact) mass is 441 g/mol. The topological polar surface area (TPSA) is 80.4 Å². The van der Waals surface area contributed by atoms with Crippen molar-refractivity contribution >= 4 is 11.8 Å². The number of fused-ring (bicyclic) bond motifs is 1. The quantitative estimate of drug-likeness (QED) is 0.489. The van der Waals surface area contributed by atoms with Gasteiger partial charge in [-0.2, -0.15) is 9.78 Å². The van der Waals surface area contributed by atoms with Crippen LogP contribution in [0, 0.1) is 0 Å². The van der Waals surface area contributed by atoms with Gasteiger partial charge in [0.2, 0.25) is 0 Å². The van der Waals surface area contributed by atoms with E-state index in [-0.39, 0.29) is 17.4 Å². The van der Waals surface area contributed by atoms with Crippen molar-refractivity contribution < 1.29 is 9.59 Å². The van der Waals surface area contributed by atoms with Crippen LogP contribution in [0.3, 0.4) is 0 Å². The Morgan fingerprint density at radius 1 is 0.788 bits per heavy atom. The summed E-state index contributed by atoms with van der Waals surface area (Å²) in [5, 5.41) is 4.50. The molecule has 33 heavy (non-hydrogen) atoms. The molecule has 5 rings (SSSR count). The van der Waals surface area contributed by atoms with E-state index in [1.807, 2.05) is 36.4 Å². The number of rotatable bonds is 3. The van der Waals surface area contributed by atoms with Gasteiger partial charge >= 0.3 is 0 Å². The molecule has 0 aromatic heterocycles. The molecule has 3 heterocycles. The zero-order valence-corrected chi connectivity index (χ0v) is 18.2. The van der Waals surface area contributed by atoms with Crippen LogP contribution >= 0.6 is 0 Å². The van der Waals surface area contributed by atoms with Crippen LogP contribution in [0.1, 0.15) is 20.7 Å². The van der Waals surface area contributed by atoms with Crippen molar-refractivity contribution in [2.24, 2.45) is 7.05 Å². The van der Waals surface area contributed by atoms with E-state index in [1.165, 1.54) is 4.68 Å². The fraction of sp³-hybridized carbons (Fsp3) is 0.200. The van der Waals surface area contributed by atoms with E-state index in [2.05, 4.69) is 5.10 Å². The molecule has 0 atom stereocenters. The summed E-state index contributed by atoms with van der Waals surface area (Å²) in [5.74, 6) is -0.227. The van der Waals surface area contributed by atoms with Crippen molar-refractivity contribution in [1.82, 2.24) is 24.1 Å². The standard InChI is InChI=1S/C25H23N5O3/c1-27-16-20(22-21(17-27)25(33)30(26-22)19-10-6-3-7-11-19)24(32)29-14-12-28(13-15-29)23(31)18-8-4-2-5-9-18/h2-11,16-17H,12-15H2,1H3. The number of carbonyl (C=O) groups excluding carboxylic acids is 2. The normalized spacial score (nSPS) is 14.0. The average molecular weight is 441 g/mol. The fourth-order valence-corrected chi connectivity index (χ4v) is 4.18. The van der Waals surface area contributed by atoms with Gasteiger partial charge in [-0.3, -0.25) is 14.4 Å². The number of para-hydroxylation sites is 1. The Hall–Kier alpha value is -4.20. The van der Waals surface area contributed by atoms with Gasteiger partial charge < -0.3 is 14.4 Å². The number of benzene rings is 2. The van der Waals surface area contributed by atoms with E-state index in [0.29, 0.717) is 54.3 Å². The summed E-state index contributed by atoms with van der Waals surface area (Å²) in [7, 11) is 1.78. The number of hydrogen-bond acceptors (Lipinski definition) is 4. The first kappa shape index (κ1) is 20.7. The van der Waals surface area contributed by atoms with E-state index < -0.39 is 0 Å². The summed E-state index contributed by atoms with van der Waals surface area (Å²) in [6, 6.07) is 18.3. The minimum absolute atomic E-state index is 0.0335. The number of amides is 2. The molecule has 0 N–H and O–H groups in total. The molecule has 2 aromatic rings. The van der Waals surface area contributed by atoms with Gasteiger partial charge in [0.05, 0.1) is 16.8 Å². The van der Waals surface area contributed by atoms with Gasteiger partial charge in [-0.05, 0) is 24.3 Å². The molecule has 0 unspecified atom stereocenters. The zero-order valence-electron chi connectivity index (χ0n) is 18.2. The lowest BCUT2D eigenvalue weighted by molar-refractivity contribution is 0.0535. The second-order valence-corrected chi connectivity index (χ2v) is 8.10. The maximum Gasteiger partial charge on any atom is 0.282 e. The second kappa shape index (κ2) is 8.38. The number of nitrogens with zero attached hydrogens (tertiary/aromatic N) is 5. The highest BCUT2D eigenvalue weighted by Gasteiger charge is 2.30. The third-order valence-electron chi connectivity index (χ3n) is 5.90. The number of piperazine rings is 1. The summed E-state index contributed by atoms with van der Waals surface area (Å²) in [4.78, 5) is 42.6. The van der Waals surface area contributed by atoms with E-state index in [9.17, 15) is 14.4 Å². The summed E-state index contributed by atoms with van der Waals surface area (Å²) in [6.45, 7) is 1.74. The predicted octanol–water partition coefficient (Wildman–Crippen LogP) is 2.27. The molecule has 8 heteroatoms. The van der Waals surface area contributed by atoms with Crippen molar-refractivity contribution in [3.05, 3.63) is 94.5 Å². The molecule has 0 radical (unpaired) electrons. The number of carbonyl (C=O) groups is 2. The molecule has 2 amide bonds. The molecule has 8 nitrogen and oxygen atoms in total. The first-order chi connectivity index (χ1) is 16.0. The zero-order chi connectivity index (χ0) is 22.9. The number of hydrogen-bond donors (Lipinski definition) is 0. The Morgan fingerprint density at radius 2 is 1.36 bits per heavy atom. The van der Waals surface area contributed by atoms with Crippen LogP contribution in [-0.4, -0.2) is 62.1 Å². The molecule has 1 saturated heterocycles. The Morgan fingerprint density at radius 3 is 2.00 bits per heavy atom.